The molecule has 4 N–H and O–H groups in total. The first-order chi connectivity index (χ1) is 10.1. The number of H-pyrrole nitrogens is 1. The molecule has 0 aliphatic rings. The Labute approximate surface area is 119 Å². The number of hydrogen-bond acceptors (Lipinski definition) is 5. The summed E-state index contributed by atoms with van der Waals surface area (Å²) in [5.74, 6) is -0.188. The fraction of sp³-hybridized carbons (Fsp3) is 0.167. The fourth-order valence-electron chi connectivity index (χ4n) is 1.46. The molecule has 0 saturated heterocycles. The quantitative estimate of drug-likeness (QED) is 0.616. The third-order valence-electron chi connectivity index (χ3n) is 2.34. The lowest BCUT2D eigenvalue weighted by atomic mass is 10.3. The number of rotatable bonds is 6. The van der Waals surface area contributed by atoms with E-state index in [1.165, 1.54) is 12.4 Å². The number of ether oxygens (including phenoxy) is 1. The molecular weight excluding hydrogens is 278 g/mol. The van der Waals surface area contributed by atoms with Crippen molar-refractivity contribution >= 4 is 17.7 Å². The number of carboxylic acid groups (broad SMARTS) is 1. The molecule has 9 nitrogen and oxygen atoms in total. The topological polar surface area (TPSA) is 129 Å². The van der Waals surface area contributed by atoms with E-state index in [-0.39, 0.29) is 6.54 Å². The first-order valence-corrected chi connectivity index (χ1v) is 5.97. The number of aromatic nitrogens is 3. The molecule has 0 aliphatic carbocycles. The first-order valence-electron chi connectivity index (χ1n) is 5.97. The van der Waals surface area contributed by atoms with Gasteiger partial charge in [0.2, 0.25) is 0 Å². The number of nitrogens with zero attached hydrogens (tertiary/aromatic N) is 2. The molecule has 2 rings (SSSR count). The van der Waals surface area contributed by atoms with Crippen LogP contribution in [0.1, 0.15) is 5.82 Å². The zero-order chi connectivity index (χ0) is 15.1. The van der Waals surface area contributed by atoms with Crippen LogP contribution in [0.25, 0.3) is 0 Å². The lowest BCUT2D eigenvalue weighted by molar-refractivity contribution is -0.139. The third-order valence-corrected chi connectivity index (χ3v) is 2.34. The van der Waals surface area contributed by atoms with Crippen molar-refractivity contribution in [2.24, 2.45) is 0 Å². The molecule has 110 valence electrons. The Hall–Kier alpha value is -3.10. The molecule has 0 unspecified atom stereocenters. The van der Waals surface area contributed by atoms with Gasteiger partial charge in [0, 0.05) is 11.8 Å². The number of urea groups is 1. The Bertz CT molecular complexity index is 614. The Balaban J connectivity index is 1.85. The summed E-state index contributed by atoms with van der Waals surface area (Å²) in [5.41, 5.74) is 0.480. The second kappa shape index (κ2) is 6.89. The van der Waals surface area contributed by atoms with Gasteiger partial charge in [0.15, 0.2) is 6.61 Å². The highest BCUT2D eigenvalue weighted by Crippen LogP contribution is 2.17. The standard InChI is InChI=1S/C12H13N5O4/c18-11(19)6-21-9-3-1-2-8(4-9)16-12(20)13-5-10-14-7-15-17-10/h1-4,7H,5-6H2,(H,18,19)(H2,13,16,20)(H,14,15,17). The van der Waals surface area contributed by atoms with E-state index < -0.39 is 18.6 Å². The number of amides is 2. The van der Waals surface area contributed by atoms with Crippen LogP contribution in [-0.4, -0.2) is 38.9 Å². The van der Waals surface area contributed by atoms with Gasteiger partial charge in [-0.15, -0.1) is 0 Å². The van der Waals surface area contributed by atoms with Crippen molar-refractivity contribution in [3.63, 3.8) is 0 Å². The van der Waals surface area contributed by atoms with E-state index in [0.717, 1.165) is 0 Å². The fourth-order valence-corrected chi connectivity index (χ4v) is 1.46. The minimum absolute atomic E-state index is 0.209. The Kier molecular flexibility index (Phi) is 4.70. The molecule has 0 radical (unpaired) electrons. The number of anilines is 1. The lowest BCUT2D eigenvalue weighted by Gasteiger charge is -2.08. The molecule has 9 heteroatoms. The van der Waals surface area contributed by atoms with Gasteiger partial charge >= 0.3 is 12.0 Å². The zero-order valence-corrected chi connectivity index (χ0v) is 10.9. The smallest absolute Gasteiger partial charge is 0.341 e. The molecule has 2 aromatic rings. The maximum atomic E-state index is 11.7. The minimum atomic E-state index is -1.07. The van der Waals surface area contributed by atoms with Crippen LogP contribution >= 0.6 is 0 Å². The summed E-state index contributed by atoms with van der Waals surface area (Å²) >= 11 is 0. The molecule has 0 fully saturated rings. The van der Waals surface area contributed by atoms with Crippen molar-refractivity contribution in [3.8, 4) is 5.75 Å². The predicted octanol–water partition coefficient (Wildman–Crippen LogP) is 0.590. The van der Waals surface area contributed by atoms with Gasteiger partial charge in [-0.25, -0.2) is 14.6 Å². The summed E-state index contributed by atoms with van der Waals surface area (Å²) in [6, 6.07) is 5.99. The third kappa shape index (κ3) is 4.82. The van der Waals surface area contributed by atoms with Crippen molar-refractivity contribution in [1.82, 2.24) is 20.5 Å². The molecular formula is C12H13N5O4. The van der Waals surface area contributed by atoms with Crippen molar-refractivity contribution in [1.29, 1.82) is 0 Å². The Morgan fingerprint density at radius 3 is 2.95 bits per heavy atom. The van der Waals surface area contributed by atoms with Gasteiger partial charge in [0.1, 0.15) is 17.9 Å². The molecule has 1 aromatic heterocycles. The van der Waals surface area contributed by atoms with Crippen LogP contribution in [0.15, 0.2) is 30.6 Å². The molecule has 0 spiro atoms. The predicted molar refractivity (Wildman–Crippen MR) is 71.8 cm³/mol. The Morgan fingerprint density at radius 2 is 2.24 bits per heavy atom. The van der Waals surface area contributed by atoms with Gasteiger partial charge in [-0.05, 0) is 12.1 Å². The van der Waals surface area contributed by atoms with Crippen LogP contribution in [0.3, 0.4) is 0 Å². The van der Waals surface area contributed by atoms with E-state index in [1.807, 2.05) is 0 Å². The van der Waals surface area contributed by atoms with Gasteiger partial charge in [-0.2, -0.15) is 5.10 Å². The molecule has 0 bridgehead atoms. The number of benzene rings is 1. The van der Waals surface area contributed by atoms with Crippen molar-refractivity contribution in [2.45, 2.75) is 6.54 Å². The summed E-state index contributed by atoms with van der Waals surface area (Å²) in [5, 5.41) is 20.0. The second-order valence-electron chi connectivity index (χ2n) is 3.95. The molecule has 0 aliphatic heterocycles. The summed E-state index contributed by atoms with van der Waals surface area (Å²) < 4.78 is 5.01. The summed E-state index contributed by atoms with van der Waals surface area (Å²) in [4.78, 5) is 25.9. The summed E-state index contributed by atoms with van der Waals surface area (Å²) in [6.07, 6.45) is 1.35. The summed E-state index contributed by atoms with van der Waals surface area (Å²) in [6.45, 7) is -0.234. The molecule has 1 aromatic carbocycles. The van der Waals surface area contributed by atoms with Crippen molar-refractivity contribution < 1.29 is 19.4 Å². The normalized spacial score (nSPS) is 9.90. The highest BCUT2D eigenvalue weighted by molar-refractivity contribution is 5.89. The SMILES string of the molecule is O=C(O)COc1cccc(NC(=O)NCc2ncn[nH]2)c1. The lowest BCUT2D eigenvalue weighted by Crippen LogP contribution is -2.28. The number of carbonyl (C=O) groups is 2. The van der Waals surface area contributed by atoms with Crippen LogP contribution in [0.4, 0.5) is 10.5 Å². The van der Waals surface area contributed by atoms with Gasteiger partial charge in [0.25, 0.3) is 0 Å². The maximum absolute atomic E-state index is 11.7. The zero-order valence-electron chi connectivity index (χ0n) is 10.9. The van der Waals surface area contributed by atoms with Gasteiger partial charge in [0.05, 0.1) is 6.54 Å². The van der Waals surface area contributed by atoms with Crippen LogP contribution in [-0.2, 0) is 11.3 Å². The number of carbonyl (C=O) groups excluding carboxylic acids is 1. The van der Waals surface area contributed by atoms with E-state index in [2.05, 4.69) is 25.8 Å². The van der Waals surface area contributed by atoms with E-state index >= 15 is 0 Å². The average Bonchev–Trinajstić information content (AvgIpc) is 2.97. The first kappa shape index (κ1) is 14.3. The van der Waals surface area contributed by atoms with Crippen LogP contribution < -0.4 is 15.4 Å². The highest BCUT2D eigenvalue weighted by atomic mass is 16.5. The van der Waals surface area contributed by atoms with Crippen molar-refractivity contribution in [3.05, 3.63) is 36.4 Å². The van der Waals surface area contributed by atoms with Crippen LogP contribution in [0, 0.1) is 0 Å². The average molecular weight is 291 g/mol. The molecule has 1 heterocycles. The largest absolute Gasteiger partial charge is 0.482 e. The van der Waals surface area contributed by atoms with E-state index in [1.54, 1.807) is 18.2 Å². The maximum Gasteiger partial charge on any atom is 0.341 e. The van der Waals surface area contributed by atoms with Crippen LogP contribution in [0.5, 0.6) is 5.75 Å². The van der Waals surface area contributed by atoms with E-state index in [0.29, 0.717) is 17.3 Å². The molecule has 2 amide bonds. The number of aliphatic carboxylic acids is 1. The highest BCUT2D eigenvalue weighted by Gasteiger charge is 2.05. The van der Waals surface area contributed by atoms with Gasteiger partial charge in [-0.1, -0.05) is 6.07 Å². The minimum Gasteiger partial charge on any atom is -0.482 e. The van der Waals surface area contributed by atoms with Crippen molar-refractivity contribution in [2.75, 3.05) is 11.9 Å². The number of nitrogens with one attached hydrogen (secondary N) is 3. The van der Waals surface area contributed by atoms with Gasteiger partial charge in [-0.3, -0.25) is 5.10 Å². The summed E-state index contributed by atoms with van der Waals surface area (Å²) in [7, 11) is 0. The Morgan fingerprint density at radius 1 is 1.38 bits per heavy atom. The van der Waals surface area contributed by atoms with E-state index in [9.17, 15) is 9.59 Å². The monoisotopic (exact) mass is 291 g/mol. The number of carboxylic acids is 1. The molecule has 0 saturated carbocycles. The van der Waals surface area contributed by atoms with E-state index in [4.69, 9.17) is 9.84 Å². The van der Waals surface area contributed by atoms with Crippen LogP contribution in [0.2, 0.25) is 0 Å². The number of hydrogen-bond donors (Lipinski definition) is 4. The molecule has 21 heavy (non-hydrogen) atoms. The second-order valence-corrected chi connectivity index (χ2v) is 3.95. The van der Waals surface area contributed by atoms with Gasteiger partial charge < -0.3 is 20.5 Å². The molecule has 0 atom stereocenters. The number of aromatic amines is 1.